The van der Waals surface area contributed by atoms with Gasteiger partial charge in [-0.3, -0.25) is 4.90 Å². The van der Waals surface area contributed by atoms with Crippen LogP contribution in [-0.4, -0.2) is 36.7 Å². The van der Waals surface area contributed by atoms with Crippen molar-refractivity contribution in [3.8, 4) is 11.1 Å². The third-order valence-electron chi connectivity index (χ3n) is 7.18. The molecule has 1 N–H and O–H groups in total. The number of piperidine rings is 3. The van der Waals surface area contributed by atoms with E-state index in [2.05, 4.69) is 42.3 Å². The molecular weight excluding hydrogens is 396 g/mol. The van der Waals surface area contributed by atoms with Gasteiger partial charge in [0.05, 0.1) is 6.04 Å². The van der Waals surface area contributed by atoms with Gasteiger partial charge in [0, 0.05) is 11.6 Å². The smallest absolute Gasteiger partial charge is 0.407 e. The molecule has 0 aromatic heterocycles. The maximum Gasteiger partial charge on any atom is 0.407 e. The van der Waals surface area contributed by atoms with Gasteiger partial charge in [-0.1, -0.05) is 55.8 Å². The Kier molecular flexibility index (Phi) is 5.03. The molecule has 4 aliphatic rings. The van der Waals surface area contributed by atoms with Crippen molar-refractivity contribution in [2.75, 3.05) is 19.6 Å². The summed E-state index contributed by atoms with van der Waals surface area (Å²) in [5.74, 6) is 0.520. The molecule has 5 heteroatoms. The number of carbonyl (C=O) groups excluding carboxylic acids is 1. The molecule has 2 bridgehead atoms. The van der Waals surface area contributed by atoms with Crippen LogP contribution in [0.5, 0.6) is 0 Å². The average Bonchev–Trinajstić information content (AvgIpc) is 2.98. The van der Waals surface area contributed by atoms with E-state index in [4.69, 9.17) is 16.3 Å². The van der Waals surface area contributed by atoms with Crippen LogP contribution in [0.4, 0.5) is 4.79 Å². The van der Waals surface area contributed by atoms with Crippen LogP contribution in [0.3, 0.4) is 0 Å². The quantitative estimate of drug-likeness (QED) is 0.712. The Labute approximate surface area is 183 Å². The number of rotatable bonds is 3. The number of nitrogens with zero attached hydrogens (tertiary/aromatic N) is 1. The van der Waals surface area contributed by atoms with Crippen LogP contribution in [0.25, 0.3) is 11.1 Å². The summed E-state index contributed by atoms with van der Waals surface area (Å²) in [4.78, 5) is 15.2. The number of benzene rings is 2. The fourth-order valence-corrected chi connectivity index (χ4v) is 5.61. The second kappa shape index (κ2) is 7.58. The molecule has 3 saturated heterocycles. The minimum atomic E-state index is -0.276. The molecule has 1 aliphatic carbocycles. The predicted molar refractivity (Wildman–Crippen MR) is 120 cm³/mol. The van der Waals surface area contributed by atoms with E-state index in [1.165, 1.54) is 16.7 Å². The van der Waals surface area contributed by atoms with Gasteiger partial charge in [0.15, 0.2) is 0 Å². The van der Waals surface area contributed by atoms with Crippen LogP contribution in [0.15, 0.2) is 42.5 Å². The summed E-state index contributed by atoms with van der Waals surface area (Å²) in [7, 11) is 0. The summed E-state index contributed by atoms with van der Waals surface area (Å²) in [5, 5.41) is 3.94. The summed E-state index contributed by atoms with van der Waals surface area (Å²) < 4.78 is 5.90. The van der Waals surface area contributed by atoms with Crippen molar-refractivity contribution in [3.63, 3.8) is 0 Å². The van der Waals surface area contributed by atoms with Crippen molar-refractivity contribution in [1.29, 1.82) is 0 Å². The van der Waals surface area contributed by atoms with Crippen LogP contribution in [-0.2, 0) is 11.2 Å². The first kappa shape index (κ1) is 19.9. The Morgan fingerprint density at radius 2 is 1.80 bits per heavy atom. The zero-order valence-corrected chi connectivity index (χ0v) is 18.4. The first-order chi connectivity index (χ1) is 14.4. The molecule has 1 amide bonds. The van der Waals surface area contributed by atoms with Gasteiger partial charge < -0.3 is 10.1 Å². The molecule has 3 heterocycles. The number of hydrogen-bond donors (Lipinski definition) is 1. The second-order valence-corrected chi connectivity index (χ2v) is 10.2. The van der Waals surface area contributed by atoms with Gasteiger partial charge in [-0.05, 0) is 78.1 Å². The van der Waals surface area contributed by atoms with E-state index in [1.54, 1.807) is 0 Å². The highest BCUT2D eigenvalue weighted by Crippen LogP contribution is 2.46. The molecule has 0 spiro atoms. The van der Waals surface area contributed by atoms with Crippen LogP contribution < -0.4 is 5.32 Å². The van der Waals surface area contributed by atoms with Crippen molar-refractivity contribution < 1.29 is 9.53 Å². The molecule has 2 aromatic carbocycles. The number of alkyl carbamates (subject to hydrolysis) is 1. The molecule has 6 rings (SSSR count). The number of carbonyl (C=O) groups is 1. The summed E-state index contributed by atoms with van der Waals surface area (Å²) >= 11 is 6.03. The largest absolute Gasteiger partial charge is 0.445 e. The normalized spacial score (nSPS) is 28.8. The molecule has 2 atom stereocenters. The Hall–Kier alpha value is -2.04. The number of ether oxygens (including phenoxy) is 1. The second-order valence-electron chi connectivity index (χ2n) is 9.74. The number of hydrogen-bond acceptors (Lipinski definition) is 3. The SMILES string of the molecule is CC1(C)Cc2cc(-c3ccc(Cl)cc3)ccc2C1NC(=O)O[C@H]1CN2CCC1CC2. The van der Waals surface area contributed by atoms with Crippen LogP contribution in [0.1, 0.15) is 43.9 Å². The third-order valence-corrected chi connectivity index (χ3v) is 7.43. The lowest BCUT2D eigenvalue weighted by Gasteiger charge is -2.44. The highest BCUT2D eigenvalue weighted by atomic mass is 35.5. The number of fused-ring (bicyclic) bond motifs is 4. The van der Waals surface area contributed by atoms with Gasteiger partial charge in [0.1, 0.15) is 6.10 Å². The highest BCUT2D eigenvalue weighted by molar-refractivity contribution is 6.30. The number of halogens is 1. The first-order valence-corrected chi connectivity index (χ1v) is 11.4. The summed E-state index contributed by atoms with van der Waals surface area (Å²) in [6.45, 7) is 7.60. The minimum absolute atomic E-state index is 0.0313. The van der Waals surface area contributed by atoms with Gasteiger partial charge in [0.2, 0.25) is 0 Å². The van der Waals surface area contributed by atoms with E-state index >= 15 is 0 Å². The zero-order valence-electron chi connectivity index (χ0n) is 17.7. The van der Waals surface area contributed by atoms with Crippen molar-refractivity contribution in [2.24, 2.45) is 11.3 Å². The molecule has 0 radical (unpaired) electrons. The van der Waals surface area contributed by atoms with Crippen LogP contribution in [0, 0.1) is 11.3 Å². The van der Waals surface area contributed by atoms with Crippen molar-refractivity contribution in [3.05, 3.63) is 58.6 Å². The molecule has 1 unspecified atom stereocenters. The molecule has 2 aromatic rings. The lowest BCUT2D eigenvalue weighted by atomic mass is 9.85. The molecular formula is C25H29ClN2O2. The van der Waals surface area contributed by atoms with Crippen molar-refractivity contribution in [2.45, 2.75) is 45.3 Å². The lowest BCUT2D eigenvalue weighted by Crippen LogP contribution is -2.53. The van der Waals surface area contributed by atoms with E-state index in [1.807, 2.05) is 24.3 Å². The predicted octanol–water partition coefficient (Wildman–Crippen LogP) is 5.45. The standard InChI is InChI=1S/C25H29ClN2O2/c1-25(2)14-19-13-18(16-3-6-20(26)7-4-16)5-8-21(19)23(25)27-24(29)30-22-15-28-11-9-17(22)10-12-28/h3-8,13,17,22-23H,9-12,14-15H2,1-2H3,(H,27,29)/t22-,23?/m0/s1. The fraction of sp³-hybridized carbons (Fsp3) is 0.480. The molecule has 3 fully saturated rings. The monoisotopic (exact) mass is 424 g/mol. The Morgan fingerprint density at radius 1 is 1.10 bits per heavy atom. The molecule has 158 valence electrons. The van der Waals surface area contributed by atoms with E-state index in [-0.39, 0.29) is 23.7 Å². The Balaban J connectivity index is 1.32. The Bertz CT molecular complexity index is 948. The minimum Gasteiger partial charge on any atom is -0.445 e. The Morgan fingerprint density at radius 3 is 2.47 bits per heavy atom. The van der Waals surface area contributed by atoms with E-state index in [9.17, 15) is 4.79 Å². The third kappa shape index (κ3) is 3.72. The maximum atomic E-state index is 12.8. The number of nitrogens with one attached hydrogen (secondary N) is 1. The molecule has 0 saturated carbocycles. The first-order valence-electron chi connectivity index (χ1n) is 11.0. The van der Waals surface area contributed by atoms with E-state index in [0.29, 0.717) is 5.92 Å². The lowest BCUT2D eigenvalue weighted by molar-refractivity contribution is -0.0348. The van der Waals surface area contributed by atoms with Gasteiger partial charge in [0.25, 0.3) is 0 Å². The molecule has 30 heavy (non-hydrogen) atoms. The summed E-state index contributed by atoms with van der Waals surface area (Å²) in [6.07, 6.45) is 2.96. The number of amides is 1. The summed E-state index contributed by atoms with van der Waals surface area (Å²) in [5.41, 5.74) is 4.76. The van der Waals surface area contributed by atoms with Crippen LogP contribution >= 0.6 is 11.6 Å². The van der Waals surface area contributed by atoms with Crippen molar-refractivity contribution in [1.82, 2.24) is 10.2 Å². The average molecular weight is 425 g/mol. The maximum absolute atomic E-state index is 12.8. The fourth-order valence-electron chi connectivity index (χ4n) is 5.48. The molecule has 3 aliphatic heterocycles. The summed E-state index contributed by atoms with van der Waals surface area (Å²) in [6, 6.07) is 14.4. The van der Waals surface area contributed by atoms with Gasteiger partial charge in [-0.25, -0.2) is 4.79 Å². The van der Waals surface area contributed by atoms with Gasteiger partial charge in [-0.15, -0.1) is 0 Å². The van der Waals surface area contributed by atoms with E-state index in [0.717, 1.165) is 49.5 Å². The topological polar surface area (TPSA) is 41.6 Å². The van der Waals surface area contributed by atoms with Crippen molar-refractivity contribution >= 4 is 17.7 Å². The van der Waals surface area contributed by atoms with Gasteiger partial charge >= 0.3 is 6.09 Å². The zero-order chi connectivity index (χ0) is 20.9. The van der Waals surface area contributed by atoms with Crippen LogP contribution in [0.2, 0.25) is 5.02 Å². The van der Waals surface area contributed by atoms with Gasteiger partial charge in [-0.2, -0.15) is 0 Å². The molecule has 4 nitrogen and oxygen atoms in total. The van der Waals surface area contributed by atoms with E-state index < -0.39 is 0 Å². The highest BCUT2D eigenvalue weighted by Gasteiger charge is 2.42.